The van der Waals surface area contributed by atoms with E-state index in [0.717, 1.165) is 12.8 Å². The van der Waals surface area contributed by atoms with Gasteiger partial charge in [0.15, 0.2) is 12.1 Å². The third kappa shape index (κ3) is 1.04. The molecule has 1 saturated carbocycles. The maximum Gasteiger partial charge on any atom is 0.162 e. The summed E-state index contributed by atoms with van der Waals surface area (Å²) in [5.41, 5.74) is 4.51. The first-order chi connectivity index (χ1) is 5.27. The van der Waals surface area contributed by atoms with Crippen molar-refractivity contribution in [3.8, 4) is 0 Å². The molecule has 1 heterocycles. The van der Waals surface area contributed by atoms with Crippen molar-refractivity contribution in [1.82, 2.24) is 5.43 Å². The third-order valence-corrected chi connectivity index (χ3v) is 2.63. The first-order valence-corrected chi connectivity index (χ1v) is 4.13. The van der Waals surface area contributed by atoms with Crippen LogP contribution in [0.1, 0.15) is 19.3 Å². The Kier molecular flexibility index (Phi) is 1.44. The monoisotopic (exact) mass is 152 g/mol. The molecule has 2 atom stereocenters. The van der Waals surface area contributed by atoms with Crippen LogP contribution in [0.3, 0.4) is 0 Å². The van der Waals surface area contributed by atoms with E-state index in [1.54, 1.807) is 0 Å². The summed E-state index contributed by atoms with van der Waals surface area (Å²) in [5, 5.41) is 4.16. The largest absolute Gasteiger partial charge is 0.175 e. The minimum absolute atomic E-state index is 0.566. The van der Waals surface area contributed by atoms with Gasteiger partial charge >= 0.3 is 0 Å². The molecule has 2 unspecified atom stereocenters. The summed E-state index contributed by atoms with van der Waals surface area (Å²) in [4.78, 5) is 0. The molecule has 0 radical (unpaired) electrons. The van der Waals surface area contributed by atoms with Crippen molar-refractivity contribution in [1.29, 1.82) is 0 Å². The molecule has 2 aliphatic rings. The fourth-order valence-electron chi connectivity index (χ4n) is 1.87. The van der Waals surface area contributed by atoms with E-state index in [-0.39, 0.29) is 0 Å². The molecule has 0 bridgehead atoms. The molecular formula is C8H14N3+. The Morgan fingerprint density at radius 2 is 2.55 bits per heavy atom. The van der Waals surface area contributed by atoms with Gasteiger partial charge in [0.25, 0.3) is 0 Å². The van der Waals surface area contributed by atoms with Crippen LogP contribution in [0.4, 0.5) is 0 Å². The Balaban J connectivity index is 2.13. The maximum absolute atomic E-state index is 4.16. The van der Waals surface area contributed by atoms with Crippen LogP contribution in [0, 0.1) is 0 Å². The summed E-state index contributed by atoms with van der Waals surface area (Å²) in [5.74, 6) is 0. The molecule has 1 fully saturated rings. The third-order valence-electron chi connectivity index (χ3n) is 2.63. The molecule has 1 N–H and O–H groups in total. The first kappa shape index (κ1) is 6.83. The molecule has 2 rings (SSSR count). The zero-order valence-electron chi connectivity index (χ0n) is 6.88. The minimum Gasteiger partial charge on any atom is -0.175 e. The normalized spacial score (nSPS) is 36.1. The van der Waals surface area contributed by atoms with Crippen molar-refractivity contribution < 1.29 is 4.70 Å². The van der Waals surface area contributed by atoms with Crippen LogP contribution in [0.2, 0.25) is 0 Å². The fraction of sp³-hybridized carbons (Fsp3) is 0.750. The number of nitrogens with one attached hydrogen (secondary N) is 1. The zero-order valence-corrected chi connectivity index (χ0v) is 6.88. The SMILES string of the molecule is C=C1CCC2NN=[N+](C)C2C1. The minimum atomic E-state index is 0.566. The summed E-state index contributed by atoms with van der Waals surface area (Å²) in [7, 11) is 2.02. The molecule has 0 saturated heterocycles. The molecule has 3 heteroatoms. The topological polar surface area (TPSA) is 27.4 Å². The number of fused-ring (bicyclic) bond motifs is 1. The number of nitrogens with zero attached hydrogens (tertiary/aromatic N) is 2. The van der Waals surface area contributed by atoms with Crippen molar-refractivity contribution in [3.63, 3.8) is 0 Å². The highest BCUT2D eigenvalue weighted by Crippen LogP contribution is 2.26. The van der Waals surface area contributed by atoms with Crippen LogP contribution in [0.15, 0.2) is 17.4 Å². The number of hydrogen-bond donors (Lipinski definition) is 1. The molecule has 0 aromatic carbocycles. The van der Waals surface area contributed by atoms with Crippen molar-refractivity contribution in [3.05, 3.63) is 12.2 Å². The van der Waals surface area contributed by atoms with Gasteiger partial charge in [-0.3, -0.25) is 0 Å². The summed E-state index contributed by atoms with van der Waals surface area (Å²) in [6, 6.07) is 1.14. The Bertz CT molecular complexity index is 219. The highest BCUT2D eigenvalue weighted by atomic mass is 15.5. The quantitative estimate of drug-likeness (QED) is 0.408. The second-order valence-corrected chi connectivity index (χ2v) is 3.47. The van der Waals surface area contributed by atoms with Crippen molar-refractivity contribution in [2.45, 2.75) is 31.3 Å². The molecule has 1 aliphatic heterocycles. The van der Waals surface area contributed by atoms with E-state index in [4.69, 9.17) is 0 Å². The van der Waals surface area contributed by atoms with E-state index >= 15 is 0 Å². The molecule has 60 valence electrons. The van der Waals surface area contributed by atoms with Gasteiger partial charge in [0, 0.05) is 6.42 Å². The Labute approximate surface area is 66.8 Å². The molecule has 1 aliphatic carbocycles. The number of rotatable bonds is 0. The summed E-state index contributed by atoms with van der Waals surface area (Å²) < 4.78 is 2.02. The van der Waals surface area contributed by atoms with Crippen molar-refractivity contribution >= 4 is 0 Å². The highest BCUT2D eigenvalue weighted by molar-refractivity contribution is 5.04. The second kappa shape index (κ2) is 2.32. The van der Waals surface area contributed by atoms with Crippen LogP contribution < -0.4 is 5.43 Å². The first-order valence-electron chi connectivity index (χ1n) is 4.13. The standard InChI is InChI=1S/C8H13N3/c1-6-3-4-7-8(5-6)11(2)10-9-7/h7-8H,1,3-5H2,2H3/p+1. The van der Waals surface area contributed by atoms with Crippen LogP contribution >= 0.6 is 0 Å². The van der Waals surface area contributed by atoms with Gasteiger partial charge in [-0.2, -0.15) is 10.1 Å². The Morgan fingerprint density at radius 1 is 1.73 bits per heavy atom. The number of hydrogen-bond acceptors (Lipinski definition) is 2. The average Bonchev–Trinajstić information content (AvgIpc) is 2.33. The summed E-state index contributed by atoms with van der Waals surface area (Å²) in [6.07, 6.45) is 3.46. The van der Waals surface area contributed by atoms with Crippen molar-refractivity contribution in [2.75, 3.05) is 7.05 Å². The lowest BCUT2D eigenvalue weighted by atomic mass is 9.88. The predicted molar refractivity (Wildman–Crippen MR) is 42.3 cm³/mol. The van der Waals surface area contributed by atoms with E-state index in [2.05, 4.69) is 17.2 Å². The number of likely N-dealkylation sites (N-methyl/N-ethyl adjacent to an activating group) is 1. The van der Waals surface area contributed by atoms with Gasteiger partial charge in [0.1, 0.15) is 0 Å². The lowest BCUT2D eigenvalue weighted by Crippen LogP contribution is -2.38. The van der Waals surface area contributed by atoms with Crippen molar-refractivity contribution in [2.24, 2.45) is 5.22 Å². The molecule has 0 aromatic rings. The Hall–Kier alpha value is -0.860. The van der Waals surface area contributed by atoms with Gasteiger partial charge in [-0.15, -0.1) is 0 Å². The van der Waals surface area contributed by atoms with Crippen LogP contribution in [0.5, 0.6) is 0 Å². The fourth-order valence-corrected chi connectivity index (χ4v) is 1.87. The molecular weight excluding hydrogens is 138 g/mol. The van der Waals surface area contributed by atoms with Gasteiger partial charge < -0.3 is 0 Å². The van der Waals surface area contributed by atoms with Gasteiger partial charge in [-0.1, -0.05) is 12.2 Å². The summed E-state index contributed by atoms with van der Waals surface area (Å²) >= 11 is 0. The van der Waals surface area contributed by atoms with Crippen LogP contribution in [-0.4, -0.2) is 23.8 Å². The zero-order chi connectivity index (χ0) is 7.84. The van der Waals surface area contributed by atoms with E-state index in [9.17, 15) is 0 Å². The predicted octanol–water partition coefficient (Wildman–Crippen LogP) is 1.08. The van der Waals surface area contributed by atoms with Crippen LogP contribution in [0.25, 0.3) is 0 Å². The van der Waals surface area contributed by atoms with E-state index in [1.807, 2.05) is 11.7 Å². The molecule has 0 amide bonds. The molecule has 3 nitrogen and oxygen atoms in total. The lowest BCUT2D eigenvalue weighted by Gasteiger charge is -2.20. The van der Waals surface area contributed by atoms with Gasteiger partial charge in [-0.25, -0.2) is 0 Å². The molecule has 11 heavy (non-hydrogen) atoms. The summed E-state index contributed by atoms with van der Waals surface area (Å²) in [6.45, 7) is 4.01. The van der Waals surface area contributed by atoms with E-state index in [0.29, 0.717) is 12.1 Å². The Morgan fingerprint density at radius 3 is 3.36 bits per heavy atom. The highest BCUT2D eigenvalue weighted by Gasteiger charge is 2.38. The lowest BCUT2D eigenvalue weighted by molar-refractivity contribution is -0.590. The second-order valence-electron chi connectivity index (χ2n) is 3.47. The van der Waals surface area contributed by atoms with Gasteiger partial charge in [0.2, 0.25) is 0 Å². The molecule has 0 spiro atoms. The smallest absolute Gasteiger partial charge is 0.162 e. The van der Waals surface area contributed by atoms with Gasteiger partial charge in [-0.05, 0) is 12.8 Å². The van der Waals surface area contributed by atoms with E-state index < -0.39 is 0 Å². The van der Waals surface area contributed by atoms with E-state index in [1.165, 1.54) is 12.0 Å². The molecule has 0 aromatic heterocycles. The average molecular weight is 152 g/mol. The van der Waals surface area contributed by atoms with Gasteiger partial charge in [0.05, 0.1) is 12.3 Å². The maximum atomic E-state index is 4.16. The van der Waals surface area contributed by atoms with Crippen LogP contribution in [-0.2, 0) is 0 Å².